The number of hydrogen-bond donors (Lipinski definition) is 0. The van der Waals surface area contributed by atoms with E-state index in [9.17, 15) is 0 Å². The molecule has 2 unspecified atom stereocenters. The third kappa shape index (κ3) is 2.24. The van der Waals surface area contributed by atoms with Crippen LogP contribution in [0.25, 0.3) is 0 Å². The minimum atomic E-state index is 0.637. The number of anilines is 1. The Morgan fingerprint density at radius 1 is 1.33 bits per heavy atom. The zero-order valence-electron chi connectivity index (χ0n) is 11.0. The van der Waals surface area contributed by atoms with Crippen LogP contribution in [0.4, 0.5) is 5.69 Å². The van der Waals surface area contributed by atoms with Crippen molar-refractivity contribution in [1.29, 1.82) is 0 Å². The summed E-state index contributed by atoms with van der Waals surface area (Å²) in [6.07, 6.45) is 3.92. The first-order chi connectivity index (χ1) is 8.78. The summed E-state index contributed by atoms with van der Waals surface area (Å²) in [5, 5.41) is 0.844. The van der Waals surface area contributed by atoms with Gasteiger partial charge in [0.15, 0.2) is 0 Å². The van der Waals surface area contributed by atoms with Crippen LogP contribution in [0, 0.1) is 0 Å². The third-order valence-corrected chi connectivity index (χ3v) is 4.64. The van der Waals surface area contributed by atoms with E-state index in [1.54, 1.807) is 0 Å². The van der Waals surface area contributed by atoms with Crippen LogP contribution < -0.4 is 4.90 Å². The molecule has 18 heavy (non-hydrogen) atoms. The minimum absolute atomic E-state index is 0.637. The maximum absolute atomic E-state index is 6.13. The molecule has 1 aromatic carbocycles. The van der Waals surface area contributed by atoms with Crippen molar-refractivity contribution in [3.05, 3.63) is 29.3 Å². The van der Waals surface area contributed by atoms with Gasteiger partial charge in [0.1, 0.15) is 0 Å². The molecule has 3 rings (SSSR count). The molecule has 2 fully saturated rings. The van der Waals surface area contributed by atoms with Gasteiger partial charge in [-0.05, 0) is 44.0 Å². The number of nitrogens with zero attached hydrogens (tertiary/aromatic N) is 2. The molecule has 2 aliphatic heterocycles. The van der Waals surface area contributed by atoms with Crippen LogP contribution in [0.15, 0.2) is 24.3 Å². The maximum Gasteiger partial charge on any atom is 0.0426 e. The van der Waals surface area contributed by atoms with Gasteiger partial charge in [0.2, 0.25) is 0 Å². The number of fused-ring (bicyclic) bond motifs is 1. The van der Waals surface area contributed by atoms with E-state index in [0.717, 1.165) is 11.1 Å². The van der Waals surface area contributed by atoms with Crippen molar-refractivity contribution in [2.45, 2.75) is 38.3 Å². The highest BCUT2D eigenvalue weighted by Gasteiger charge is 2.35. The smallest absolute Gasteiger partial charge is 0.0426 e. The monoisotopic (exact) mass is 264 g/mol. The Morgan fingerprint density at radius 2 is 2.22 bits per heavy atom. The lowest BCUT2D eigenvalue weighted by Crippen LogP contribution is -2.56. The summed E-state index contributed by atoms with van der Waals surface area (Å²) >= 11 is 6.13. The van der Waals surface area contributed by atoms with E-state index >= 15 is 0 Å². The van der Waals surface area contributed by atoms with Crippen molar-refractivity contribution in [1.82, 2.24) is 4.90 Å². The second-order valence-corrected chi connectivity index (χ2v) is 5.92. The number of rotatable bonds is 2. The SMILES string of the molecule is CCC1CN2CCCC2CN1c1cccc(Cl)c1. The molecule has 3 heteroatoms. The Balaban J connectivity index is 1.85. The molecule has 0 aliphatic carbocycles. The molecular weight excluding hydrogens is 244 g/mol. The highest BCUT2D eigenvalue weighted by molar-refractivity contribution is 6.30. The van der Waals surface area contributed by atoms with Crippen LogP contribution in [0.1, 0.15) is 26.2 Å². The topological polar surface area (TPSA) is 6.48 Å². The van der Waals surface area contributed by atoms with Crippen molar-refractivity contribution in [3.8, 4) is 0 Å². The summed E-state index contributed by atoms with van der Waals surface area (Å²) in [7, 11) is 0. The van der Waals surface area contributed by atoms with Crippen molar-refractivity contribution >= 4 is 17.3 Å². The van der Waals surface area contributed by atoms with E-state index in [0.29, 0.717) is 6.04 Å². The van der Waals surface area contributed by atoms with Gasteiger partial charge in [-0.25, -0.2) is 0 Å². The fourth-order valence-corrected chi connectivity index (χ4v) is 3.59. The van der Waals surface area contributed by atoms with Gasteiger partial charge in [-0.3, -0.25) is 4.90 Å². The summed E-state index contributed by atoms with van der Waals surface area (Å²) in [6.45, 7) is 5.97. The quantitative estimate of drug-likeness (QED) is 0.808. The molecule has 0 amide bonds. The van der Waals surface area contributed by atoms with Crippen LogP contribution in [0.5, 0.6) is 0 Å². The van der Waals surface area contributed by atoms with Gasteiger partial charge >= 0.3 is 0 Å². The summed E-state index contributed by atoms with van der Waals surface area (Å²) in [6, 6.07) is 9.71. The standard InChI is InChI=1S/C15H21ClN2/c1-2-13-10-17-8-4-7-15(17)11-18(13)14-6-3-5-12(16)9-14/h3,5-6,9,13,15H,2,4,7-8,10-11H2,1H3. The highest BCUT2D eigenvalue weighted by Crippen LogP contribution is 2.30. The van der Waals surface area contributed by atoms with E-state index in [-0.39, 0.29) is 0 Å². The van der Waals surface area contributed by atoms with Crippen molar-refractivity contribution in [2.75, 3.05) is 24.5 Å². The van der Waals surface area contributed by atoms with Gasteiger partial charge < -0.3 is 4.90 Å². The fraction of sp³-hybridized carbons (Fsp3) is 0.600. The Labute approximate surface area is 115 Å². The average Bonchev–Trinajstić information content (AvgIpc) is 2.84. The second-order valence-electron chi connectivity index (χ2n) is 5.49. The highest BCUT2D eigenvalue weighted by atomic mass is 35.5. The number of benzene rings is 1. The first-order valence-electron chi connectivity index (χ1n) is 7.04. The molecule has 2 nitrogen and oxygen atoms in total. The molecule has 0 bridgehead atoms. The van der Waals surface area contributed by atoms with E-state index < -0.39 is 0 Å². The predicted molar refractivity (Wildman–Crippen MR) is 77.5 cm³/mol. The summed E-state index contributed by atoms with van der Waals surface area (Å²) in [4.78, 5) is 5.24. The number of halogens is 1. The van der Waals surface area contributed by atoms with Gasteiger partial charge in [0.05, 0.1) is 0 Å². The van der Waals surface area contributed by atoms with Gasteiger partial charge in [-0.15, -0.1) is 0 Å². The Hall–Kier alpha value is -0.730. The van der Waals surface area contributed by atoms with Gasteiger partial charge in [-0.1, -0.05) is 24.6 Å². The summed E-state index contributed by atoms with van der Waals surface area (Å²) in [5.74, 6) is 0. The van der Waals surface area contributed by atoms with E-state index in [1.807, 2.05) is 6.07 Å². The largest absolute Gasteiger partial charge is 0.366 e. The molecule has 98 valence electrons. The first-order valence-corrected chi connectivity index (χ1v) is 7.42. The lowest BCUT2D eigenvalue weighted by molar-refractivity contribution is 0.195. The van der Waals surface area contributed by atoms with Gasteiger partial charge in [-0.2, -0.15) is 0 Å². The average molecular weight is 265 g/mol. The van der Waals surface area contributed by atoms with Crippen molar-refractivity contribution in [2.24, 2.45) is 0 Å². The Kier molecular flexibility index (Phi) is 3.49. The second kappa shape index (κ2) is 5.10. The van der Waals surface area contributed by atoms with E-state index in [4.69, 9.17) is 11.6 Å². The molecule has 0 aromatic heterocycles. The van der Waals surface area contributed by atoms with Gasteiger partial charge in [0, 0.05) is 35.9 Å². The van der Waals surface area contributed by atoms with Crippen LogP contribution in [-0.4, -0.2) is 36.6 Å². The van der Waals surface area contributed by atoms with E-state index in [1.165, 1.54) is 44.6 Å². The fourth-order valence-electron chi connectivity index (χ4n) is 3.41. The molecule has 2 atom stereocenters. The molecular formula is C15H21ClN2. The molecule has 0 N–H and O–H groups in total. The minimum Gasteiger partial charge on any atom is -0.366 e. The lowest BCUT2D eigenvalue weighted by atomic mass is 10.0. The normalized spacial score (nSPS) is 28.4. The summed E-state index contributed by atoms with van der Waals surface area (Å²) < 4.78 is 0. The molecule has 2 saturated heterocycles. The first kappa shape index (κ1) is 12.3. The number of hydrogen-bond acceptors (Lipinski definition) is 2. The molecule has 0 spiro atoms. The Bertz CT molecular complexity index is 421. The summed E-state index contributed by atoms with van der Waals surface area (Å²) in [5.41, 5.74) is 1.29. The maximum atomic E-state index is 6.13. The third-order valence-electron chi connectivity index (χ3n) is 4.40. The Morgan fingerprint density at radius 3 is 3.00 bits per heavy atom. The van der Waals surface area contributed by atoms with Crippen molar-refractivity contribution < 1.29 is 0 Å². The van der Waals surface area contributed by atoms with Crippen LogP contribution in [0.3, 0.4) is 0 Å². The zero-order valence-corrected chi connectivity index (χ0v) is 11.7. The predicted octanol–water partition coefficient (Wildman–Crippen LogP) is 3.40. The van der Waals surface area contributed by atoms with Crippen LogP contribution in [-0.2, 0) is 0 Å². The molecule has 2 heterocycles. The van der Waals surface area contributed by atoms with Crippen LogP contribution >= 0.6 is 11.6 Å². The molecule has 0 radical (unpaired) electrons. The van der Waals surface area contributed by atoms with Crippen LogP contribution in [0.2, 0.25) is 5.02 Å². The molecule has 2 aliphatic rings. The zero-order chi connectivity index (χ0) is 12.5. The molecule has 1 aromatic rings. The van der Waals surface area contributed by atoms with Gasteiger partial charge in [0.25, 0.3) is 0 Å². The van der Waals surface area contributed by atoms with Crippen molar-refractivity contribution in [3.63, 3.8) is 0 Å². The molecule has 0 saturated carbocycles. The number of piperazine rings is 1. The van der Waals surface area contributed by atoms with E-state index in [2.05, 4.69) is 34.9 Å². The lowest BCUT2D eigenvalue weighted by Gasteiger charge is -2.45.